The number of carbonyl (C=O) groups excluding carboxylic acids is 1. The molecule has 0 heterocycles. The Balaban J connectivity index is 2.89. The van der Waals surface area contributed by atoms with Gasteiger partial charge in [0.05, 0.1) is 5.92 Å². The second kappa shape index (κ2) is 6.79. The first-order chi connectivity index (χ1) is 8.56. The van der Waals surface area contributed by atoms with Gasteiger partial charge in [-0.25, -0.2) is 0 Å². The molecule has 0 fully saturated rings. The zero-order valence-corrected chi connectivity index (χ0v) is 10.8. The van der Waals surface area contributed by atoms with Gasteiger partial charge >= 0.3 is 5.97 Å². The largest absolute Gasteiger partial charge is 0.481 e. The summed E-state index contributed by atoms with van der Waals surface area (Å²) in [6.07, 6.45) is 1.19. The van der Waals surface area contributed by atoms with Gasteiger partial charge < -0.3 is 10.0 Å². The Kier molecular flexibility index (Phi) is 5.36. The van der Waals surface area contributed by atoms with E-state index in [9.17, 15) is 9.59 Å². The number of para-hydroxylation sites is 1. The number of rotatable bonds is 6. The van der Waals surface area contributed by atoms with Crippen LogP contribution in [0.5, 0.6) is 0 Å². The number of aliphatic carboxylic acids is 1. The number of anilines is 1. The van der Waals surface area contributed by atoms with Crippen LogP contribution in [0.3, 0.4) is 0 Å². The number of hydrogen-bond donors (Lipinski definition) is 1. The predicted octanol–water partition coefficient (Wildman–Crippen LogP) is 2.54. The average Bonchev–Trinajstić information content (AvgIpc) is 2.36. The molecule has 18 heavy (non-hydrogen) atoms. The quantitative estimate of drug-likeness (QED) is 0.842. The molecule has 0 spiro atoms. The highest BCUT2D eigenvalue weighted by Crippen LogP contribution is 2.17. The third-order valence-electron chi connectivity index (χ3n) is 2.71. The lowest BCUT2D eigenvalue weighted by Gasteiger charge is -2.24. The van der Waals surface area contributed by atoms with Crippen molar-refractivity contribution in [2.45, 2.75) is 26.7 Å². The van der Waals surface area contributed by atoms with E-state index in [1.54, 1.807) is 11.8 Å². The Morgan fingerprint density at radius 3 is 2.39 bits per heavy atom. The summed E-state index contributed by atoms with van der Waals surface area (Å²) in [6, 6.07) is 9.19. The maximum Gasteiger partial charge on any atom is 0.308 e. The van der Waals surface area contributed by atoms with Gasteiger partial charge in [-0.05, 0) is 18.6 Å². The summed E-state index contributed by atoms with van der Waals surface area (Å²) in [5.41, 5.74) is 0.754. The van der Waals surface area contributed by atoms with Crippen molar-refractivity contribution in [2.24, 2.45) is 5.92 Å². The molecule has 0 saturated carbocycles. The Morgan fingerprint density at radius 2 is 1.89 bits per heavy atom. The molecule has 0 aliphatic carbocycles. The van der Waals surface area contributed by atoms with Crippen molar-refractivity contribution in [3.63, 3.8) is 0 Å². The molecule has 1 aromatic carbocycles. The number of benzene rings is 1. The highest BCUT2D eigenvalue weighted by atomic mass is 16.4. The van der Waals surface area contributed by atoms with Gasteiger partial charge in [0, 0.05) is 18.7 Å². The number of nitrogens with zero attached hydrogens (tertiary/aromatic N) is 1. The molecule has 4 nitrogen and oxygen atoms in total. The molecular weight excluding hydrogens is 230 g/mol. The molecule has 1 unspecified atom stereocenters. The fourth-order valence-electron chi connectivity index (χ4n) is 1.66. The van der Waals surface area contributed by atoms with Crippen molar-refractivity contribution in [3.8, 4) is 0 Å². The van der Waals surface area contributed by atoms with Gasteiger partial charge in [0.15, 0.2) is 0 Å². The van der Waals surface area contributed by atoms with E-state index in [1.807, 2.05) is 37.3 Å². The average molecular weight is 249 g/mol. The van der Waals surface area contributed by atoms with E-state index in [-0.39, 0.29) is 12.5 Å². The highest BCUT2D eigenvalue weighted by Gasteiger charge is 2.21. The number of hydrogen-bond acceptors (Lipinski definition) is 2. The van der Waals surface area contributed by atoms with Crippen LogP contribution in [-0.2, 0) is 9.59 Å². The maximum atomic E-state index is 12.0. The minimum Gasteiger partial charge on any atom is -0.481 e. The Labute approximate surface area is 107 Å². The van der Waals surface area contributed by atoms with Crippen molar-refractivity contribution in [1.82, 2.24) is 0 Å². The third-order valence-corrected chi connectivity index (χ3v) is 2.71. The van der Waals surface area contributed by atoms with E-state index in [1.165, 1.54) is 0 Å². The van der Waals surface area contributed by atoms with Crippen LogP contribution in [0.4, 0.5) is 5.69 Å². The summed E-state index contributed by atoms with van der Waals surface area (Å²) >= 11 is 0. The lowest BCUT2D eigenvalue weighted by molar-refractivity contribution is -0.140. The monoisotopic (exact) mass is 249 g/mol. The Hall–Kier alpha value is -1.84. The molecule has 0 radical (unpaired) electrons. The molecule has 0 aromatic heterocycles. The van der Waals surface area contributed by atoms with Crippen LogP contribution in [-0.4, -0.2) is 23.5 Å². The Bertz CT molecular complexity index is 403. The molecular formula is C14H19NO3. The zero-order chi connectivity index (χ0) is 13.5. The van der Waals surface area contributed by atoms with Gasteiger partial charge in [0.25, 0.3) is 0 Å². The zero-order valence-electron chi connectivity index (χ0n) is 10.8. The van der Waals surface area contributed by atoms with Crippen molar-refractivity contribution in [2.75, 3.05) is 11.4 Å². The van der Waals surface area contributed by atoms with E-state index in [2.05, 4.69) is 0 Å². The molecule has 1 rings (SSSR count). The second-order valence-electron chi connectivity index (χ2n) is 4.33. The standard InChI is InChI=1S/C14H19NO3/c1-3-7-13(16)15(10-11(2)14(17)18)12-8-5-4-6-9-12/h4-6,8-9,11H,3,7,10H2,1-2H3,(H,17,18). The van der Waals surface area contributed by atoms with Gasteiger partial charge in [0.1, 0.15) is 0 Å². The highest BCUT2D eigenvalue weighted by molar-refractivity contribution is 5.93. The summed E-state index contributed by atoms with van der Waals surface area (Å²) in [6.45, 7) is 3.75. The number of carboxylic acids is 1. The van der Waals surface area contributed by atoms with Crippen LogP contribution in [0, 0.1) is 5.92 Å². The lowest BCUT2D eigenvalue weighted by atomic mass is 10.1. The summed E-state index contributed by atoms with van der Waals surface area (Å²) in [7, 11) is 0. The fourth-order valence-corrected chi connectivity index (χ4v) is 1.66. The molecule has 4 heteroatoms. The molecule has 0 aliphatic heterocycles. The minimum absolute atomic E-state index is 0.0307. The number of carbonyl (C=O) groups is 2. The molecule has 0 aliphatic rings. The molecule has 1 N–H and O–H groups in total. The van der Waals surface area contributed by atoms with E-state index in [0.717, 1.165) is 12.1 Å². The Morgan fingerprint density at radius 1 is 1.28 bits per heavy atom. The molecule has 0 saturated heterocycles. The van der Waals surface area contributed by atoms with E-state index >= 15 is 0 Å². The second-order valence-corrected chi connectivity index (χ2v) is 4.33. The first kappa shape index (κ1) is 14.2. The summed E-state index contributed by atoms with van der Waals surface area (Å²) in [4.78, 5) is 24.5. The van der Waals surface area contributed by atoms with E-state index in [0.29, 0.717) is 6.42 Å². The maximum absolute atomic E-state index is 12.0. The van der Waals surface area contributed by atoms with Crippen molar-refractivity contribution in [3.05, 3.63) is 30.3 Å². The van der Waals surface area contributed by atoms with Crippen molar-refractivity contribution < 1.29 is 14.7 Å². The summed E-state index contributed by atoms with van der Waals surface area (Å²) in [5, 5.41) is 8.95. The number of carboxylic acid groups (broad SMARTS) is 1. The molecule has 0 bridgehead atoms. The SMILES string of the molecule is CCCC(=O)N(CC(C)C(=O)O)c1ccccc1. The number of amides is 1. The van der Waals surface area contributed by atoms with Gasteiger partial charge in [0.2, 0.25) is 5.91 Å². The molecule has 1 atom stereocenters. The van der Waals surface area contributed by atoms with Crippen LogP contribution >= 0.6 is 0 Å². The van der Waals surface area contributed by atoms with Gasteiger partial charge in [-0.1, -0.05) is 32.0 Å². The van der Waals surface area contributed by atoms with Crippen LogP contribution in [0.1, 0.15) is 26.7 Å². The molecule has 1 amide bonds. The van der Waals surface area contributed by atoms with Crippen molar-refractivity contribution >= 4 is 17.6 Å². The summed E-state index contributed by atoms with van der Waals surface area (Å²) < 4.78 is 0. The van der Waals surface area contributed by atoms with Crippen LogP contribution in [0.15, 0.2) is 30.3 Å². The molecule has 1 aromatic rings. The minimum atomic E-state index is -0.889. The van der Waals surface area contributed by atoms with E-state index < -0.39 is 11.9 Å². The van der Waals surface area contributed by atoms with Crippen LogP contribution in [0.25, 0.3) is 0 Å². The smallest absolute Gasteiger partial charge is 0.308 e. The molecule has 98 valence electrons. The first-order valence-electron chi connectivity index (χ1n) is 6.14. The fraction of sp³-hybridized carbons (Fsp3) is 0.429. The van der Waals surface area contributed by atoms with Gasteiger partial charge in [-0.3, -0.25) is 9.59 Å². The lowest BCUT2D eigenvalue weighted by Crippen LogP contribution is -2.36. The first-order valence-corrected chi connectivity index (χ1v) is 6.14. The van der Waals surface area contributed by atoms with Crippen molar-refractivity contribution in [1.29, 1.82) is 0 Å². The van der Waals surface area contributed by atoms with E-state index in [4.69, 9.17) is 5.11 Å². The van der Waals surface area contributed by atoms with Gasteiger partial charge in [-0.15, -0.1) is 0 Å². The van der Waals surface area contributed by atoms with Crippen LogP contribution < -0.4 is 4.90 Å². The van der Waals surface area contributed by atoms with Gasteiger partial charge in [-0.2, -0.15) is 0 Å². The third kappa shape index (κ3) is 3.87. The summed E-state index contributed by atoms with van der Waals surface area (Å²) in [5.74, 6) is -1.50. The van der Waals surface area contributed by atoms with Crippen LogP contribution in [0.2, 0.25) is 0 Å². The normalized spacial score (nSPS) is 11.9. The predicted molar refractivity (Wildman–Crippen MR) is 70.5 cm³/mol. The topological polar surface area (TPSA) is 57.6 Å².